The molecule has 150 valence electrons. The summed E-state index contributed by atoms with van der Waals surface area (Å²) >= 11 is 3.41. The summed E-state index contributed by atoms with van der Waals surface area (Å²) < 4.78 is 13.0. The number of amides is 2. The fourth-order valence-electron chi connectivity index (χ4n) is 2.64. The van der Waals surface area contributed by atoms with Crippen LogP contribution in [-0.4, -0.2) is 35.3 Å². The lowest BCUT2D eigenvalue weighted by atomic mass is 10.1. The average molecular weight is 459 g/mol. The van der Waals surface area contributed by atoms with Crippen LogP contribution in [0.25, 0.3) is 5.69 Å². The monoisotopic (exact) mass is 458 g/mol. The van der Waals surface area contributed by atoms with Gasteiger partial charge in [-0.3, -0.25) is 9.59 Å². The van der Waals surface area contributed by atoms with E-state index in [0.717, 1.165) is 5.69 Å². The number of nitrogens with one attached hydrogen (secondary N) is 1. The van der Waals surface area contributed by atoms with Crippen molar-refractivity contribution in [3.8, 4) is 17.2 Å². The number of carbonyl (C=O) groups excluding carboxylic acids is 2. The molecule has 1 aromatic heterocycles. The summed E-state index contributed by atoms with van der Waals surface area (Å²) in [7, 11) is 1.52. The van der Waals surface area contributed by atoms with Gasteiger partial charge < -0.3 is 20.5 Å². The van der Waals surface area contributed by atoms with E-state index < -0.39 is 5.91 Å². The van der Waals surface area contributed by atoms with E-state index in [4.69, 9.17) is 15.2 Å². The van der Waals surface area contributed by atoms with Crippen molar-refractivity contribution in [3.63, 3.8) is 0 Å². The van der Waals surface area contributed by atoms with Crippen molar-refractivity contribution in [3.05, 3.63) is 64.4 Å². The third kappa shape index (κ3) is 4.57. The predicted octanol–water partition coefficient (Wildman–Crippen LogP) is 3.39. The third-order valence-corrected chi connectivity index (χ3v) is 4.60. The zero-order valence-corrected chi connectivity index (χ0v) is 17.4. The van der Waals surface area contributed by atoms with Crippen LogP contribution in [0, 0.1) is 0 Å². The lowest BCUT2D eigenvalue weighted by molar-refractivity contribution is 0.0993. The number of ether oxygens (including phenoxy) is 2. The fraction of sp³-hybridized carbons (Fsp3) is 0.150. The summed E-state index contributed by atoms with van der Waals surface area (Å²) in [6.07, 6.45) is 1.64. The van der Waals surface area contributed by atoms with Gasteiger partial charge in [-0.25, -0.2) is 4.68 Å². The van der Waals surface area contributed by atoms with Gasteiger partial charge in [-0.05, 0) is 65.3 Å². The summed E-state index contributed by atoms with van der Waals surface area (Å²) in [4.78, 5) is 23.8. The molecule has 0 fully saturated rings. The highest BCUT2D eigenvalue weighted by Gasteiger charge is 2.16. The maximum atomic E-state index is 12.6. The summed E-state index contributed by atoms with van der Waals surface area (Å²) in [5, 5.41) is 6.92. The van der Waals surface area contributed by atoms with E-state index in [0.29, 0.717) is 33.8 Å². The fourth-order valence-corrected chi connectivity index (χ4v) is 3.19. The number of anilines is 1. The zero-order chi connectivity index (χ0) is 21.0. The number of benzene rings is 2. The smallest absolute Gasteiger partial charge is 0.269 e. The highest BCUT2D eigenvalue weighted by Crippen LogP contribution is 2.36. The Bertz CT molecular complexity index is 1050. The van der Waals surface area contributed by atoms with Crippen molar-refractivity contribution in [2.24, 2.45) is 5.73 Å². The van der Waals surface area contributed by atoms with Gasteiger partial charge in [-0.15, -0.1) is 0 Å². The van der Waals surface area contributed by atoms with Crippen molar-refractivity contribution in [1.29, 1.82) is 0 Å². The molecule has 0 saturated heterocycles. The van der Waals surface area contributed by atoms with Gasteiger partial charge in [0.25, 0.3) is 11.8 Å². The molecule has 2 aromatic carbocycles. The number of primary amides is 1. The molecule has 0 aliphatic rings. The summed E-state index contributed by atoms with van der Waals surface area (Å²) in [6.45, 7) is 2.35. The van der Waals surface area contributed by atoms with Crippen molar-refractivity contribution in [2.45, 2.75) is 6.92 Å². The maximum Gasteiger partial charge on any atom is 0.269 e. The van der Waals surface area contributed by atoms with Crippen LogP contribution in [0.3, 0.4) is 0 Å². The van der Waals surface area contributed by atoms with Gasteiger partial charge in [0.15, 0.2) is 11.5 Å². The minimum atomic E-state index is -0.593. The molecule has 0 atom stereocenters. The molecule has 0 bridgehead atoms. The number of aromatic nitrogens is 2. The van der Waals surface area contributed by atoms with Gasteiger partial charge in [-0.2, -0.15) is 5.10 Å². The molecular formula is C20H19BrN4O4. The molecule has 3 rings (SSSR count). The van der Waals surface area contributed by atoms with E-state index in [-0.39, 0.29) is 11.6 Å². The lowest BCUT2D eigenvalue weighted by Gasteiger charge is -2.13. The average Bonchev–Trinajstić information content (AvgIpc) is 3.20. The summed E-state index contributed by atoms with van der Waals surface area (Å²) in [5.74, 6) is 0.121. The van der Waals surface area contributed by atoms with Gasteiger partial charge in [0.2, 0.25) is 0 Å². The number of hydrogen-bond acceptors (Lipinski definition) is 5. The second-order valence-corrected chi connectivity index (χ2v) is 6.79. The Morgan fingerprint density at radius 1 is 1.21 bits per heavy atom. The minimum absolute atomic E-state index is 0.178. The number of nitrogens with zero attached hydrogens (tertiary/aromatic N) is 2. The number of rotatable bonds is 7. The van der Waals surface area contributed by atoms with Crippen molar-refractivity contribution < 1.29 is 19.1 Å². The number of nitrogens with two attached hydrogens (primary N) is 1. The quantitative estimate of drug-likeness (QED) is 0.563. The molecular weight excluding hydrogens is 440 g/mol. The van der Waals surface area contributed by atoms with Gasteiger partial charge in [0.05, 0.1) is 23.9 Å². The molecule has 8 nitrogen and oxygen atoms in total. The Labute approximate surface area is 175 Å². The first-order valence-corrected chi connectivity index (χ1v) is 9.49. The Hall–Kier alpha value is -3.33. The normalized spacial score (nSPS) is 10.4. The Morgan fingerprint density at radius 3 is 2.52 bits per heavy atom. The lowest BCUT2D eigenvalue weighted by Crippen LogP contribution is -2.13. The van der Waals surface area contributed by atoms with Crippen LogP contribution in [0.4, 0.5) is 5.69 Å². The van der Waals surface area contributed by atoms with Crippen LogP contribution in [0.2, 0.25) is 0 Å². The Morgan fingerprint density at radius 2 is 1.93 bits per heavy atom. The van der Waals surface area contributed by atoms with Crippen LogP contribution in [0.15, 0.2) is 53.1 Å². The highest BCUT2D eigenvalue weighted by molar-refractivity contribution is 9.10. The van der Waals surface area contributed by atoms with E-state index in [9.17, 15) is 9.59 Å². The van der Waals surface area contributed by atoms with Gasteiger partial charge in [0, 0.05) is 17.4 Å². The van der Waals surface area contributed by atoms with E-state index in [1.807, 2.05) is 6.92 Å². The molecule has 0 saturated carbocycles. The molecule has 0 unspecified atom stereocenters. The number of carbonyl (C=O) groups is 2. The predicted molar refractivity (Wildman–Crippen MR) is 112 cm³/mol. The second-order valence-electron chi connectivity index (χ2n) is 5.93. The SMILES string of the molecule is CCOc1c(Br)cc(C(=O)Nc2ccc(-n3ccc(C(N)=O)n3)cc2)cc1OC. The van der Waals surface area contributed by atoms with Crippen LogP contribution in [0.5, 0.6) is 11.5 Å². The molecule has 0 aliphatic heterocycles. The molecule has 29 heavy (non-hydrogen) atoms. The Kier molecular flexibility index (Phi) is 6.18. The standard InChI is InChI=1S/C20H19BrN4O4/c1-3-29-18-15(21)10-12(11-17(18)28-2)20(27)23-13-4-6-14(7-5-13)25-9-8-16(24-25)19(22)26/h4-11H,3H2,1-2H3,(H2,22,26)(H,23,27). The first-order valence-electron chi connectivity index (χ1n) is 8.70. The van der Waals surface area contributed by atoms with Crippen molar-refractivity contribution in [2.75, 3.05) is 19.0 Å². The molecule has 0 radical (unpaired) electrons. The molecule has 3 aromatic rings. The first-order chi connectivity index (χ1) is 13.9. The van der Waals surface area contributed by atoms with Crippen LogP contribution in [0.1, 0.15) is 27.8 Å². The topological polar surface area (TPSA) is 108 Å². The molecule has 2 amide bonds. The maximum absolute atomic E-state index is 12.6. The highest BCUT2D eigenvalue weighted by atomic mass is 79.9. The molecule has 0 aliphatic carbocycles. The van der Waals surface area contributed by atoms with Crippen LogP contribution >= 0.6 is 15.9 Å². The molecule has 9 heteroatoms. The van der Waals surface area contributed by atoms with E-state index in [2.05, 4.69) is 26.3 Å². The van der Waals surface area contributed by atoms with Crippen molar-refractivity contribution in [1.82, 2.24) is 9.78 Å². The number of hydrogen-bond donors (Lipinski definition) is 2. The first kappa shape index (κ1) is 20.4. The zero-order valence-electron chi connectivity index (χ0n) is 15.8. The Balaban J connectivity index is 1.77. The van der Waals surface area contributed by atoms with Gasteiger partial charge in [0.1, 0.15) is 5.69 Å². The van der Waals surface area contributed by atoms with E-state index in [1.54, 1.807) is 42.6 Å². The van der Waals surface area contributed by atoms with Crippen LogP contribution in [-0.2, 0) is 0 Å². The van der Waals surface area contributed by atoms with Gasteiger partial charge in [-0.1, -0.05) is 0 Å². The van der Waals surface area contributed by atoms with Crippen LogP contribution < -0.4 is 20.5 Å². The van der Waals surface area contributed by atoms with Crippen molar-refractivity contribution >= 4 is 33.4 Å². The molecule has 0 spiro atoms. The molecule has 3 N–H and O–H groups in total. The van der Waals surface area contributed by atoms with E-state index >= 15 is 0 Å². The summed E-state index contributed by atoms with van der Waals surface area (Å²) in [6, 6.07) is 11.8. The number of methoxy groups -OCH3 is 1. The second kappa shape index (κ2) is 8.78. The van der Waals surface area contributed by atoms with E-state index in [1.165, 1.54) is 17.9 Å². The number of halogens is 1. The largest absolute Gasteiger partial charge is 0.493 e. The summed E-state index contributed by atoms with van der Waals surface area (Å²) in [5.41, 5.74) is 7.13. The third-order valence-electron chi connectivity index (χ3n) is 4.01. The molecule has 1 heterocycles. The van der Waals surface area contributed by atoms with Gasteiger partial charge >= 0.3 is 0 Å². The minimum Gasteiger partial charge on any atom is -0.493 e.